The Labute approximate surface area is 82.4 Å². The van der Waals surface area contributed by atoms with Crippen molar-refractivity contribution in [2.75, 3.05) is 0 Å². The molecule has 0 amide bonds. The highest BCUT2D eigenvalue weighted by Gasteiger charge is 2.10. The van der Waals surface area contributed by atoms with Gasteiger partial charge in [0.2, 0.25) is 0 Å². The summed E-state index contributed by atoms with van der Waals surface area (Å²) in [7, 11) is -4.20. The van der Waals surface area contributed by atoms with Crippen LogP contribution in [0.4, 0.5) is 0 Å². The number of hydrogen-bond donors (Lipinski definition) is 2. The molecule has 0 aliphatic heterocycles. The lowest BCUT2D eigenvalue weighted by Gasteiger charge is -2.00. The number of phenolic OH excluding ortho intramolecular Hbond substituents is 1. The zero-order valence-electron chi connectivity index (χ0n) is 6.76. The molecule has 1 aromatic rings. The van der Waals surface area contributed by atoms with E-state index in [-0.39, 0.29) is 23.1 Å². The highest BCUT2D eigenvalue weighted by molar-refractivity contribution is 7.85. The highest BCUT2D eigenvalue weighted by atomic mass is 35.5. The van der Waals surface area contributed by atoms with Crippen molar-refractivity contribution in [2.45, 2.75) is 11.8 Å². The molecule has 0 atom stereocenters. The zero-order valence-corrected chi connectivity index (χ0v) is 8.39. The van der Waals surface area contributed by atoms with Crippen molar-refractivity contribution in [3.05, 3.63) is 23.8 Å². The first kappa shape index (κ1) is 12.2. The highest BCUT2D eigenvalue weighted by Crippen LogP contribution is 2.20. The van der Waals surface area contributed by atoms with Gasteiger partial charge in [-0.2, -0.15) is 8.42 Å². The third kappa shape index (κ3) is 2.87. The first-order valence-corrected chi connectivity index (χ1v) is 4.62. The van der Waals surface area contributed by atoms with Gasteiger partial charge in [0.15, 0.2) is 0 Å². The molecule has 1 rings (SSSR count). The maximum Gasteiger partial charge on any atom is 0.294 e. The Morgan fingerprint density at radius 1 is 1.31 bits per heavy atom. The fraction of sp³-hybridized carbons (Fsp3) is 0.143. The van der Waals surface area contributed by atoms with Gasteiger partial charge in [-0.1, -0.05) is 6.07 Å². The van der Waals surface area contributed by atoms with E-state index in [1.807, 2.05) is 0 Å². The molecule has 0 aliphatic rings. The monoisotopic (exact) mass is 224 g/mol. The van der Waals surface area contributed by atoms with Gasteiger partial charge in [-0.3, -0.25) is 4.55 Å². The average molecular weight is 225 g/mol. The number of hydrogen-bond acceptors (Lipinski definition) is 3. The normalized spacial score (nSPS) is 10.6. The zero-order chi connectivity index (χ0) is 9.35. The first-order chi connectivity index (χ1) is 5.41. The summed E-state index contributed by atoms with van der Waals surface area (Å²) in [5, 5.41) is 9.09. The topological polar surface area (TPSA) is 74.6 Å². The molecule has 0 saturated carbocycles. The Balaban J connectivity index is 0.00000144. The van der Waals surface area contributed by atoms with Gasteiger partial charge in [-0.05, 0) is 18.6 Å². The molecule has 4 nitrogen and oxygen atoms in total. The van der Waals surface area contributed by atoms with E-state index in [9.17, 15) is 8.42 Å². The molecule has 0 saturated heterocycles. The summed E-state index contributed by atoms with van der Waals surface area (Å²) in [6.07, 6.45) is 0. The molecule has 0 aromatic heterocycles. The van der Waals surface area contributed by atoms with Crippen molar-refractivity contribution in [3.8, 4) is 5.75 Å². The van der Waals surface area contributed by atoms with Gasteiger partial charge in [0, 0.05) is 6.07 Å². The fourth-order valence-corrected chi connectivity index (χ4v) is 1.25. The van der Waals surface area contributed by atoms with Crippen molar-refractivity contribution in [2.24, 2.45) is 0 Å². The molecule has 0 aliphatic carbocycles. The molecular formula is C7H9ClO4S. The van der Waals surface area contributed by atoms with Gasteiger partial charge in [0.25, 0.3) is 10.1 Å². The summed E-state index contributed by atoms with van der Waals surface area (Å²) in [5.41, 5.74) is 0.558. The maximum absolute atomic E-state index is 10.5. The molecule has 0 heterocycles. The van der Waals surface area contributed by atoms with E-state index < -0.39 is 10.1 Å². The predicted octanol–water partition coefficient (Wildman–Crippen LogP) is 1.37. The van der Waals surface area contributed by atoms with Crippen LogP contribution in [0.5, 0.6) is 5.75 Å². The smallest absolute Gasteiger partial charge is 0.294 e. The van der Waals surface area contributed by atoms with Crippen molar-refractivity contribution in [1.82, 2.24) is 0 Å². The largest absolute Gasteiger partial charge is 0.508 e. The van der Waals surface area contributed by atoms with Gasteiger partial charge in [-0.15, -0.1) is 12.4 Å². The standard InChI is InChI=1S/C7H8O4S.ClH/c1-5-2-3-6(4-7(5)8)12(9,10)11;/h2-4,8H,1H3,(H,9,10,11);1H. The number of aryl methyl sites for hydroxylation is 1. The van der Waals surface area contributed by atoms with E-state index in [1.54, 1.807) is 6.92 Å². The molecule has 74 valence electrons. The predicted molar refractivity (Wildman–Crippen MR) is 49.9 cm³/mol. The second-order valence-corrected chi connectivity index (χ2v) is 3.84. The first-order valence-electron chi connectivity index (χ1n) is 3.18. The van der Waals surface area contributed by atoms with Crippen molar-refractivity contribution < 1.29 is 18.1 Å². The second-order valence-electron chi connectivity index (χ2n) is 2.42. The van der Waals surface area contributed by atoms with Crippen molar-refractivity contribution in [1.29, 1.82) is 0 Å². The van der Waals surface area contributed by atoms with Crippen LogP contribution in [0.25, 0.3) is 0 Å². The lowest BCUT2D eigenvalue weighted by atomic mass is 10.2. The molecule has 6 heteroatoms. The number of rotatable bonds is 1. The summed E-state index contributed by atoms with van der Waals surface area (Å²) in [5.74, 6) is -0.148. The van der Waals surface area contributed by atoms with Crippen LogP contribution >= 0.6 is 12.4 Å². The number of phenols is 1. The van der Waals surface area contributed by atoms with E-state index >= 15 is 0 Å². The Kier molecular flexibility index (Phi) is 3.71. The summed E-state index contributed by atoms with van der Waals surface area (Å²) in [6, 6.07) is 3.65. The molecule has 2 N–H and O–H groups in total. The Morgan fingerprint density at radius 3 is 2.23 bits per heavy atom. The second kappa shape index (κ2) is 3.95. The minimum atomic E-state index is -4.20. The quantitative estimate of drug-likeness (QED) is 0.707. The maximum atomic E-state index is 10.5. The fourth-order valence-electron chi connectivity index (χ4n) is 0.750. The van der Waals surface area contributed by atoms with Crippen molar-refractivity contribution in [3.63, 3.8) is 0 Å². The SMILES string of the molecule is Cc1ccc(S(=O)(=O)O)cc1O.Cl. The summed E-state index contributed by atoms with van der Waals surface area (Å²) < 4.78 is 29.6. The van der Waals surface area contributed by atoms with E-state index in [0.717, 1.165) is 6.07 Å². The van der Waals surface area contributed by atoms with Crippen LogP contribution in [-0.2, 0) is 10.1 Å². The lowest BCUT2D eigenvalue weighted by molar-refractivity contribution is 0.463. The average Bonchev–Trinajstić information content (AvgIpc) is 1.92. The molecule has 0 unspecified atom stereocenters. The molecule has 0 fully saturated rings. The van der Waals surface area contributed by atoms with Gasteiger partial charge in [-0.25, -0.2) is 0 Å². The summed E-state index contributed by atoms with van der Waals surface area (Å²) in [4.78, 5) is -0.300. The van der Waals surface area contributed by atoms with Crippen molar-refractivity contribution >= 4 is 22.5 Å². The molecule has 0 bridgehead atoms. The van der Waals surface area contributed by atoms with E-state index in [4.69, 9.17) is 9.66 Å². The summed E-state index contributed by atoms with van der Waals surface area (Å²) in [6.45, 7) is 1.63. The third-order valence-corrected chi connectivity index (χ3v) is 2.33. The molecule has 0 spiro atoms. The van der Waals surface area contributed by atoms with Crippen LogP contribution in [0.3, 0.4) is 0 Å². The Bertz CT molecular complexity index is 399. The van der Waals surface area contributed by atoms with Crippen LogP contribution in [0.15, 0.2) is 23.1 Å². The van der Waals surface area contributed by atoms with Gasteiger partial charge in [0.05, 0.1) is 4.90 Å². The molecule has 13 heavy (non-hydrogen) atoms. The van der Waals surface area contributed by atoms with Crippen LogP contribution in [-0.4, -0.2) is 18.1 Å². The molecular weight excluding hydrogens is 216 g/mol. The van der Waals surface area contributed by atoms with E-state index in [2.05, 4.69) is 0 Å². The number of benzene rings is 1. The van der Waals surface area contributed by atoms with Crippen LogP contribution < -0.4 is 0 Å². The van der Waals surface area contributed by atoms with Gasteiger partial charge < -0.3 is 5.11 Å². The Hall–Kier alpha value is -0.780. The minimum absolute atomic E-state index is 0. The van der Waals surface area contributed by atoms with Gasteiger partial charge in [0.1, 0.15) is 5.75 Å². The van der Waals surface area contributed by atoms with Crippen LogP contribution in [0.2, 0.25) is 0 Å². The van der Waals surface area contributed by atoms with E-state index in [1.165, 1.54) is 12.1 Å². The summed E-state index contributed by atoms with van der Waals surface area (Å²) >= 11 is 0. The van der Waals surface area contributed by atoms with Crippen LogP contribution in [0.1, 0.15) is 5.56 Å². The van der Waals surface area contributed by atoms with Gasteiger partial charge >= 0.3 is 0 Å². The lowest BCUT2D eigenvalue weighted by Crippen LogP contribution is -1.97. The van der Waals surface area contributed by atoms with Crippen LogP contribution in [0, 0.1) is 6.92 Å². The van der Waals surface area contributed by atoms with E-state index in [0.29, 0.717) is 5.56 Å². The third-order valence-electron chi connectivity index (χ3n) is 1.48. The number of halogens is 1. The Morgan fingerprint density at radius 2 is 1.85 bits per heavy atom. The molecule has 1 aromatic carbocycles. The minimum Gasteiger partial charge on any atom is -0.508 e. The number of aromatic hydroxyl groups is 1. The molecule has 0 radical (unpaired) electrons.